The first-order valence-electron chi connectivity index (χ1n) is 6.78. The third kappa shape index (κ3) is 4.23. The Morgan fingerprint density at radius 1 is 1.06 bits per heavy atom. The van der Waals surface area contributed by atoms with Crippen molar-refractivity contribution in [2.45, 2.75) is 51.0 Å². The zero-order valence-corrected chi connectivity index (χ0v) is 11.2. The van der Waals surface area contributed by atoms with Crippen LogP contribution >= 0.6 is 0 Å². The highest BCUT2D eigenvalue weighted by Crippen LogP contribution is 2.40. The van der Waals surface area contributed by atoms with Crippen molar-refractivity contribution in [1.29, 1.82) is 0 Å². The van der Waals surface area contributed by atoms with Crippen molar-refractivity contribution in [1.82, 2.24) is 5.32 Å². The van der Waals surface area contributed by atoms with Crippen LogP contribution in [0.15, 0.2) is 0 Å². The number of primary sulfonamides is 1. The van der Waals surface area contributed by atoms with Gasteiger partial charge in [-0.05, 0) is 31.1 Å². The molecule has 4 nitrogen and oxygen atoms in total. The number of nitrogens with two attached hydrogens (primary N) is 1. The molecule has 2 fully saturated rings. The van der Waals surface area contributed by atoms with Crippen molar-refractivity contribution in [3.05, 3.63) is 0 Å². The summed E-state index contributed by atoms with van der Waals surface area (Å²) in [6, 6.07) is 0.510. The molecular weight excluding hydrogens is 236 g/mol. The van der Waals surface area contributed by atoms with Gasteiger partial charge in [0.05, 0.1) is 5.75 Å². The first-order valence-corrected chi connectivity index (χ1v) is 8.50. The minimum absolute atomic E-state index is 0.0532. The van der Waals surface area contributed by atoms with E-state index >= 15 is 0 Å². The number of sulfonamides is 1. The Bertz CT molecular complexity index is 342. The summed E-state index contributed by atoms with van der Waals surface area (Å²) in [5.74, 6) is 1.88. The van der Waals surface area contributed by atoms with Crippen LogP contribution in [-0.2, 0) is 10.0 Å². The van der Waals surface area contributed by atoms with E-state index < -0.39 is 10.0 Å². The van der Waals surface area contributed by atoms with Gasteiger partial charge < -0.3 is 5.32 Å². The largest absolute Gasteiger partial charge is 0.313 e. The van der Waals surface area contributed by atoms with Crippen LogP contribution in [0.3, 0.4) is 0 Å². The molecule has 2 aliphatic rings. The molecule has 0 saturated heterocycles. The van der Waals surface area contributed by atoms with Crippen molar-refractivity contribution < 1.29 is 8.42 Å². The maximum absolute atomic E-state index is 10.8. The van der Waals surface area contributed by atoms with Gasteiger partial charge in [-0.15, -0.1) is 0 Å². The van der Waals surface area contributed by atoms with Gasteiger partial charge in [0.25, 0.3) is 0 Å². The van der Waals surface area contributed by atoms with E-state index in [1.165, 1.54) is 44.9 Å². The summed E-state index contributed by atoms with van der Waals surface area (Å²) in [4.78, 5) is 0. The molecule has 17 heavy (non-hydrogen) atoms. The molecule has 0 amide bonds. The van der Waals surface area contributed by atoms with E-state index in [9.17, 15) is 8.42 Å². The summed E-state index contributed by atoms with van der Waals surface area (Å²) in [6.07, 6.45) is 9.32. The molecule has 2 aliphatic carbocycles. The third-order valence-corrected chi connectivity index (χ3v) is 5.13. The van der Waals surface area contributed by atoms with Crippen LogP contribution in [0.2, 0.25) is 0 Å². The van der Waals surface area contributed by atoms with E-state index in [0.29, 0.717) is 12.6 Å². The third-order valence-electron chi connectivity index (χ3n) is 4.36. The van der Waals surface area contributed by atoms with Crippen molar-refractivity contribution in [3.63, 3.8) is 0 Å². The van der Waals surface area contributed by atoms with Gasteiger partial charge in [0.2, 0.25) is 10.0 Å². The van der Waals surface area contributed by atoms with Crippen LogP contribution < -0.4 is 10.5 Å². The SMILES string of the molecule is NS(=O)(=O)CCNC1CCC2CCCCC2C1. The standard InChI is InChI=1S/C12H24N2O2S/c13-17(15,16)8-7-14-12-6-5-10-3-1-2-4-11(10)9-12/h10-12,14H,1-9H2,(H2,13,15,16). The maximum Gasteiger partial charge on any atom is 0.210 e. The van der Waals surface area contributed by atoms with Crippen molar-refractivity contribution in [2.24, 2.45) is 17.0 Å². The fourth-order valence-corrected chi connectivity index (χ4v) is 3.87. The Balaban J connectivity index is 1.72. The molecule has 3 N–H and O–H groups in total. The van der Waals surface area contributed by atoms with Crippen LogP contribution in [0.4, 0.5) is 0 Å². The number of rotatable bonds is 4. The summed E-state index contributed by atoms with van der Waals surface area (Å²) in [7, 11) is -3.31. The molecule has 0 bridgehead atoms. The van der Waals surface area contributed by atoms with Crippen molar-refractivity contribution in [3.8, 4) is 0 Å². The fraction of sp³-hybridized carbons (Fsp3) is 1.00. The predicted molar refractivity (Wildman–Crippen MR) is 69.1 cm³/mol. The molecule has 3 unspecified atom stereocenters. The molecule has 0 spiro atoms. The summed E-state index contributed by atoms with van der Waals surface area (Å²) in [6.45, 7) is 0.501. The number of hydrogen-bond acceptors (Lipinski definition) is 3. The van der Waals surface area contributed by atoms with Gasteiger partial charge in [0.1, 0.15) is 0 Å². The quantitative estimate of drug-likeness (QED) is 0.798. The Hall–Kier alpha value is -0.130. The average molecular weight is 260 g/mol. The van der Waals surface area contributed by atoms with E-state index in [2.05, 4.69) is 5.32 Å². The topological polar surface area (TPSA) is 72.2 Å². The van der Waals surface area contributed by atoms with Gasteiger partial charge in [-0.3, -0.25) is 0 Å². The van der Waals surface area contributed by atoms with Gasteiger partial charge in [-0.2, -0.15) is 0 Å². The van der Waals surface area contributed by atoms with E-state index in [1.807, 2.05) is 0 Å². The van der Waals surface area contributed by atoms with Crippen LogP contribution in [0.25, 0.3) is 0 Å². The van der Waals surface area contributed by atoms with Gasteiger partial charge >= 0.3 is 0 Å². The number of hydrogen-bond donors (Lipinski definition) is 2. The van der Waals surface area contributed by atoms with Gasteiger partial charge in [0, 0.05) is 12.6 Å². The second kappa shape index (κ2) is 5.67. The summed E-state index contributed by atoms with van der Waals surface area (Å²) in [5, 5.41) is 8.34. The lowest BCUT2D eigenvalue weighted by molar-refractivity contribution is 0.145. The van der Waals surface area contributed by atoms with Crippen LogP contribution in [0, 0.1) is 11.8 Å². The smallest absolute Gasteiger partial charge is 0.210 e. The monoisotopic (exact) mass is 260 g/mol. The first-order chi connectivity index (χ1) is 8.04. The number of nitrogens with one attached hydrogen (secondary N) is 1. The van der Waals surface area contributed by atoms with Crippen LogP contribution in [0.1, 0.15) is 44.9 Å². The molecule has 0 aromatic rings. The average Bonchev–Trinajstić information content (AvgIpc) is 2.27. The molecule has 0 aromatic heterocycles. The van der Waals surface area contributed by atoms with E-state index in [4.69, 9.17) is 5.14 Å². The Labute approximate surface area is 104 Å². The molecule has 3 atom stereocenters. The molecule has 0 radical (unpaired) electrons. The zero-order valence-electron chi connectivity index (χ0n) is 10.4. The minimum Gasteiger partial charge on any atom is -0.313 e. The Morgan fingerprint density at radius 2 is 1.76 bits per heavy atom. The van der Waals surface area contributed by atoms with Crippen molar-refractivity contribution in [2.75, 3.05) is 12.3 Å². The lowest BCUT2D eigenvalue weighted by atomic mass is 9.69. The molecule has 0 aromatic carbocycles. The van der Waals surface area contributed by atoms with Gasteiger partial charge in [-0.1, -0.05) is 25.7 Å². The van der Waals surface area contributed by atoms with Crippen LogP contribution in [-0.4, -0.2) is 26.8 Å². The second-order valence-electron chi connectivity index (χ2n) is 5.64. The highest BCUT2D eigenvalue weighted by molar-refractivity contribution is 7.89. The molecule has 100 valence electrons. The summed E-state index contributed by atoms with van der Waals surface area (Å²) >= 11 is 0. The Morgan fingerprint density at radius 3 is 2.47 bits per heavy atom. The Kier molecular flexibility index (Phi) is 4.44. The number of fused-ring (bicyclic) bond motifs is 1. The van der Waals surface area contributed by atoms with Crippen LogP contribution in [0.5, 0.6) is 0 Å². The highest BCUT2D eigenvalue weighted by atomic mass is 32.2. The van der Waals surface area contributed by atoms with Crippen molar-refractivity contribution >= 4 is 10.0 Å². The summed E-state index contributed by atoms with van der Waals surface area (Å²) in [5.41, 5.74) is 0. The van der Waals surface area contributed by atoms with E-state index in [0.717, 1.165) is 11.8 Å². The van der Waals surface area contributed by atoms with Gasteiger partial charge in [0.15, 0.2) is 0 Å². The van der Waals surface area contributed by atoms with Gasteiger partial charge in [-0.25, -0.2) is 13.6 Å². The first kappa shape index (κ1) is 13.3. The molecular formula is C12H24N2O2S. The second-order valence-corrected chi connectivity index (χ2v) is 7.37. The molecule has 0 heterocycles. The lowest BCUT2D eigenvalue weighted by Gasteiger charge is -2.39. The molecule has 2 saturated carbocycles. The normalized spacial score (nSPS) is 34.3. The zero-order chi connectivity index (χ0) is 12.3. The van der Waals surface area contributed by atoms with E-state index in [-0.39, 0.29) is 5.75 Å². The molecule has 2 rings (SSSR count). The molecule has 5 heteroatoms. The molecule has 0 aliphatic heterocycles. The minimum atomic E-state index is -3.31. The fourth-order valence-electron chi connectivity index (χ4n) is 3.46. The predicted octanol–water partition coefficient (Wildman–Crippen LogP) is 1.22. The highest BCUT2D eigenvalue weighted by Gasteiger charge is 2.31. The lowest BCUT2D eigenvalue weighted by Crippen LogP contribution is -2.41. The van der Waals surface area contributed by atoms with E-state index in [1.54, 1.807) is 0 Å². The maximum atomic E-state index is 10.8. The summed E-state index contributed by atoms with van der Waals surface area (Å²) < 4.78 is 21.7.